The monoisotopic (exact) mass is 364 g/mol. The van der Waals surface area contributed by atoms with E-state index in [1.807, 2.05) is 36.4 Å². The number of pyridine rings is 1. The fourth-order valence-corrected chi connectivity index (χ4v) is 4.73. The van der Waals surface area contributed by atoms with Crippen LogP contribution in [0.3, 0.4) is 0 Å². The second-order valence-electron chi connectivity index (χ2n) is 8.10. The molecular weight excluding hydrogens is 336 g/mol. The van der Waals surface area contributed by atoms with Crippen molar-refractivity contribution < 1.29 is 9.90 Å². The van der Waals surface area contributed by atoms with E-state index in [0.717, 1.165) is 49.8 Å². The highest BCUT2D eigenvalue weighted by molar-refractivity contribution is 5.88. The van der Waals surface area contributed by atoms with E-state index in [9.17, 15) is 9.90 Å². The third-order valence-electron chi connectivity index (χ3n) is 6.38. The maximum absolute atomic E-state index is 13.6. The van der Waals surface area contributed by atoms with Gasteiger partial charge in [-0.3, -0.25) is 9.78 Å². The molecule has 0 saturated heterocycles. The minimum Gasteiger partial charge on any atom is -0.393 e. The Morgan fingerprint density at radius 3 is 2.37 bits per heavy atom. The molecule has 4 nitrogen and oxygen atoms in total. The molecule has 0 spiro atoms. The van der Waals surface area contributed by atoms with Crippen molar-refractivity contribution in [2.45, 2.75) is 62.5 Å². The number of aromatic nitrogens is 1. The highest BCUT2D eigenvalue weighted by Crippen LogP contribution is 2.42. The predicted molar refractivity (Wildman–Crippen MR) is 105 cm³/mol. The molecule has 2 aliphatic carbocycles. The molecule has 4 rings (SSSR count). The molecule has 1 heterocycles. The Morgan fingerprint density at radius 2 is 1.74 bits per heavy atom. The molecular formula is C23H28N2O2. The van der Waals surface area contributed by atoms with Gasteiger partial charge in [-0.1, -0.05) is 55.7 Å². The molecule has 2 fully saturated rings. The largest absolute Gasteiger partial charge is 0.393 e. The van der Waals surface area contributed by atoms with E-state index < -0.39 is 5.41 Å². The predicted octanol–water partition coefficient (Wildman–Crippen LogP) is 3.91. The lowest BCUT2D eigenvalue weighted by Crippen LogP contribution is -2.50. The lowest BCUT2D eigenvalue weighted by Gasteiger charge is -2.41. The summed E-state index contributed by atoms with van der Waals surface area (Å²) in [5.41, 5.74) is 1.56. The van der Waals surface area contributed by atoms with Crippen molar-refractivity contribution in [2.75, 3.05) is 0 Å². The molecule has 0 radical (unpaired) electrons. The van der Waals surface area contributed by atoms with Gasteiger partial charge in [0, 0.05) is 6.20 Å². The van der Waals surface area contributed by atoms with E-state index in [1.165, 1.54) is 6.42 Å². The van der Waals surface area contributed by atoms with Gasteiger partial charge in [0.25, 0.3) is 0 Å². The number of carbonyl (C=O) groups is 1. The fourth-order valence-electron chi connectivity index (χ4n) is 4.73. The first-order valence-corrected chi connectivity index (χ1v) is 10.1. The van der Waals surface area contributed by atoms with Crippen LogP contribution >= 0.6 is 0 Å². The zero-order chi connectivity index (χ0) is 18.7. The van der Waals surface area contributed by atoms with E-state index >= 15 is 0 Å². The van der Waals surface area contributed by atoms with E-state index in [-0.39, 0.29) is 24.0 Å². The van der Waals surface area contributed by atoms with Crippen molar-refractivity contribution in [2.24, 2.45) is 5.92 Å². The first kappa shape index (κ1) is 18.2. The lowest BCUT2D eigenvalue weighted by atomic mass is 9.68. The van der Waals surface area contributed by atoms with Crippen molar-refractivity contribution >= 4 is 5.91 Å². The lowest BCUT2D eigenvalue weighted by molar-refractivity contribution is -0.130. The summed E-state index contributed by atoms with van der Waals surface area (Å²) in [6.45, 7) is 0. The highest BCUT2D eigenvalue weighted by atomic mass is 16.3. The van der Waals surface area contributed by atoms with Crippen LogP contribution in [0.2, 0.25) is 0 Å². The summed E-state index contributed by atoms with van der Waals surface area (Å²) in [6, 6.07) is 15.9. The Hall–Kier alpha value is -2.20. The van der Waals surface area contributed by atoms with Crippen LogP contribution in [-0.2, 0) is 10.2 Å². The third-order valence-corrected chi connectivity index (χ3v) is 6.38. The molecule has 4 heteroatoms. The van der Waals surface area contributed by atoms with Crippen LogP contribution in [0.4, 0.5) is 0 Å². The summed E-state index contributed by atoms with van der Waals surface area (Å²) < 4.78 is 0. The number of rotatable bonds is 5. The normalized spacial score (nSPS) is 25.2. The smallest absolute Gasteiger partial charge is 0.231 e. The zero-order valence-corrected chi connectivity index (χ0v) is 15.7. The van der Waals surface area contributed by atoms with Gasteiger partial charge >= 0.3 is 0 Å². The van der Waals surface area contributed by atoms with E-state index in [1.54, 1.807) is 6.20 Å². The Labute approximate surface area is 161 Å². The number of nitrogens with one attached hydrogen (secondary N) is 1. The summed E-state index contributed by atoms with van der Waals surface area (Å²) in [5, 5.41) is 13.1. The summed E-state index contributed by atoms with van der Waals surface area (Å²) in [7, 11) is 0. The van der Waals surface area contributed by atoms with Gasteiger partial charge in [0.2, 0.25) is 5.91 Å². The summed E-state index contributed by atoms with van der Waals surface area (Å²) in [6.07, 6.45) is 8.11. The summed E-state index contributed by atoms with van der Waals surface area (Å²) in [4.78, 5) is 18.1. The van der Waals surface area contributed by atoms with Gasteiger partial charge in [0.15, 0.2) is 0 Å². The summed E-state index contributed by atoms with van der Waals surface area (Å²) >= 11 is 0. The Bertz CT molecular complexity index is 750. The van der Waals surface area contributed by atoms with E-state index in [0.29, 0.717) is 0 Å². The highest BCUT2D eigenvalue weighted by Gasteiger charge is 2.44. The molecule has 1 aromatic carbocycles. The van der Waals surface area contributed by atoms with Gasteiger partial charge in [-0.15, -0.1) is 0 Å². The van der Waals surface area contributed by atoms with Crippen LogP contribution in [0.25, 0.3) is 0 Å². The Kier molecular flexibility index (Phi) is 5.26. The molecule has 1 aromatic heterocycles. The number of aliphatic hydroxyl groups is 1. The average Bonchev–Trinajstić information content (AvgIpc) is 2.71. The van der Waals surface area contributed by atoms with Gasteiger partial charge in [-0.2, -0.15) is 0 Å². The van der Waals surface area contributed by atoms with Crippen molar-refractivity contribution in [1.29, 1.82) is 0 Å². The van der Waals surface area contributed by atoms with Crippen molar-refractivity contribution in [3.8, 4) is 0 Å². The maximum atomic E-state index is 13.6. The molecule has 1 amide bonds. The van der Waals surface area contributed by atoms with Crippen LogP contribution in [-0.4, -0.2) is 22.1 Å². The molecule has 2 saturated carbocycles. The van der Waals surface area contributed by atoms with Crippen molar-refractivity contribution in [3.63, 3.8) is 0 Å². The third kappa shape index (κ3) is 3.63. The minimum atomic E-state index is -0.450. The van der Waals surface area contributed by atoms with E-state index in [4.69, 9.17) is 0 Å². The van der Waals surface area contributed by atoms with Crippen LogP contribution in [0.1, 0.15) is 62.2 Å². The van der Waals surface area contributed by atoms with Gasteiger partial charge in [-0.05, 0) is 49.3 Å². The van der Waals surface area contributed by atoms with Crippen LogP contribution in [0.5, 0.6) is 0 Å². The molecule has 0 aliphatic heterocycles. The van der Waals surface area contributed by atoms with Gasteiger partial charge in [-0.25, -0.2) is 0 Å². The average molecular weight is 364 g/mol. The number of nitrogens with zero attached hydrogens (tertiary/aromatic N) is 1. The summed E-state index contributed by atoms with van der Waals surface area (Å²) in [5.74, 6) is 0.362. The maximum Gasteiger partial charge on any atom is 0.231 e. The molecule has 2 aromatic rings. The standard InChI is InChI=1S/C23H28N2O2/c26-19-15-17(16-19)21(20-11-5-8-14-24-20)25-22(27)23(12-6-2-7-13-23)18-9-3-1-4-10-18/h1,3-5,8-11,14,17,19,21,26H,2,6-7,12-13,15-16H2,(H,25,27). The van der Waals surface area contributed by atoms with Gasteiger partial charge < -0.3 is 10.4 Å². The van der Waals surface area contributed by atoms with Crippen molar-refractivity contribution in [1.82, 2.24) is 10.3 Å². The molecule has 142 valence electrons. The number of carbonyl (C=O) groups excluding carboxylic acids is 1. The molecule has 2 aliphatic rings. The van der Waals surface area contributed by atoms with Crippen LogP contribution < -0.4 is 5.32 Å². The second-order valence-corrected chi connectivity index (χ2v) is 8.10. The van der Waals surface area contributed by atoms with Gasteiger partial charge in [0.1, 0.15) is 0 Å². The Balaban J connectivity index is 1.62. The molecule has 1 atom stereocenters. The molecule has 27 heavy (non-hydrogen) atoms. The fraction of sp³-hybridized carbons (Fsp3) is 0.478. The topological polar surface area (TPSA) is 62.2 Å². The molecule has 0 bridgehead atoms. The number of hydrogen-bond donors (Lipinski definition) is 2. The quantitative estimate of drug-likeness (QED) is 0.845. The van der Waals surface area contributed by atoms with Crippen molar-refractivity contribution in [3.05, 3.63) is 66.0 Å². The SMILES string of the molecule is O=C(NC(c1ccccn1)C1CC(O)C1)C1(c2ccccc2)CCCCC1. The van der Waals surface area contributed by atoms with E-state index in [2.05, 4.69) is 22.4 Å². The second kappa shape index (κ2) is 7.81. The molecule has 1 unspecified atom stereocenters. The zero-order valence-electron chi connectivity index (χ0n) is 15.7. The molecule has 2 N–H and O–H groups in total. The van der Waals surface area contributed by atoms with Crippen LogP contribution in [0, 0.1) is 5.92 Å². The first-order valence-electron chi connectivity index (χ1n) is 10.1. The van der Waals surface area contributed by atoms with Crippen LogP contribution in [0.15, 0.2) is 54.7 Å². The minimum absolute atomic E-state index is 0.116. The number of aliphatic hydroxyl groups excluding tert-OH is 1. The number of benzene rings is 1. The first-order chi connectivity index (χ1) is 13.2. The van der Waals surface area contributed by atoms with Gasteiger partial charge in [0.05, 0.1) is 23.3 Å². The number of hydrogen-bond acceptors (Lipinski definition) is 3. The number of amides is 1. The Morgan fingerprint density at radius 1 is 1.04 bits per heavy atom.